The van der Waals surface area contributed by atoms with Gasteiger partial charge in [0.05, 0.1) is 0 Å². The SMILES string of the molecule is [O]c1ccc(-c2ccccc2)c(-c2c(Cc3ccccc3)oc3ccccc23)c1. The molecule has 1 heterocycles. The first-order chi connectivity index (χ1) is 14.3. The molecule has 0 aliphatic heterocycles. The second-order valence-electron chi connectivity index (χ2n) is 7.13. The van der Waals surface area contributed by atoms with Gasteiger partial charge in [-0.1, -0.05) is 78.9 Å². The van der Waals surface area contributed by atoms with Crippen LogP contribution in [0.1, 0.15) is 11.3 Å². The second-order valence-corrected chi connectivity index (χ2v) is 7.13. The topological polar surface area (TPSA) is 33.0 Å². The first-order valence-electron chi connectivity index (χ1n) is 9.71. The number of benzene rings is 4. The van der Waals surface area contributed by atoms with Crippen molar-refractivity contribution < 1.29 is 9.52 Å². The van der Waals surface area contributed by atoms with Gasteiger partial charge in [-0.15, -0.1) is 0 Å². The summed E-state index contributed by atoms with van der Waals surface area (Å²) in [6, 6.07) is 33.8. The summed E-state index contributed by atoms with van der Waals surface area (Å²) in [7, 11) is 0. The van der Waals surface area contributed by atoms with Crippen molar-refractivity contribution in [3.63, 3.8) is 0 Å². The molecule has 0 atom stereocenters. The normalized spacial score (nSPS) is 11.0. The Hall–Kier alpha value is -3.78. The Labute approximate surface area is 169 Å². The largest absolute Gasteiger partial charge is 0.460 e. The first kappa shape index (κ1) is 17.3. The number of rotatable bonds is 4. The molecule has 0 unspecified atom stereocenters. The molecule has 0 aliphatic rings. The van der Waals surface area contributed by atoms with Crippen LogP contribution in [-0.4, -0.2) is 0 Å². The molecule has 0 spiro atoms. The fraction of sp³-hybridized carbons (Fsp3) is 0.0370. The van der Waals surface area contributed by atoms with Gasteiger partial charge in [0, 0.05) is 17.4 Å². The van der Waals surface area contributed by atoms with E-state index in [1.807, 2.05) is 60.7 Å². The van der Waals surface area contributed by atoms with E-state index in [4.69, 9.17) is 4.42 Å². The number of fused-ring (bicyclic) bond motifs is 1. The van der Waals surface area contributed by atoms with Crippen LogP contribution in [0.25, 0.3) is 33.2 Å². The molecular weight excluding hydrogens is 356 g/mol. The summed E-state index contributed by atoms with van der Waals surface area (Å²) in [5.41, 5.74) is 6.04. The smallest absolute Gasteiger partial charge is 0.179 e. The van der Waals surface area contributed by atoms with Gasteiger partial charge >= 0.3 is 0 Å². The molecule has 1 radical (unpaired) electrons. The molecule has 0 fully saturated rings. The van der Waals surface area contributed by atoms with Crippen molar-refractivity contribution in [2.24, 2.45) is 0 Å². The number of hydrogen-bond donors (Lipinski definition) is 0. The van der Waals surface area contributed by atoms with E-state index in [1.165, 1.54) is 5.56 Å². The van der Waals surface area contributed by atoms with E-state index in [0.717, 1.165) is 39.0 Å². The van der Waals surface area contributed by atoms with Gasteiger partial charge in [-0.05, 0) is 46.5 Å². The fourth-order valence-corrected chi connectivity index (χ4v) is 3.90. The van der Waals surface area contributed by atoms with Gasteiger partial charge in [0.2, 0.25) is 0 Å². The molecule has 5 aromatic rings. The number of hydrogen-bond acceptors (Lipinski definition) is 1. The molecule has 0 amide bonds. The van der Waals surface area contributed by atoms with Crippen LogP contribution in [-0.2, 0) is 11.5 Å². The van der Waals surface area contributed by atoms with Crippen molar-refractivity contribution in [3.05, 3.63) is 114 Å². The highest BCUT2D eigenvalue weighted by Crippen LogP contribution is 2.42. The monoisotopic (exact) mass is 375 g/mol. The zero-order valence-corrected chi connectivity index (χ0v) is 15.8. The Morgan fingerprint density at radius 3 is 2.14 bits per heavy atom. The Bertz CT molecular complexity index is 1270. The molecule has 5 rings (SSSR count). The molecule has 1 aromatic heterocycles. The maximum atomic E-state index is 12.3. The van der Waals surface area contributed by atoms with E-state index in [0.29, 0.717) is 6.42 Å². The van der Waals surface area contributed by atoms with Crippen molar-refractivity contribution in [2.75, 3.05) is 0 Å². The van der Waals surface area contributed by atoms with Crippen molar-refractivity contribution in [3.8, 4) is 28.0 Å². The van der Waals surface area contributed by atoms with Crippen LogP contribution in [0.5, 0.6) is 5.75 Å². The van der Waals surface area contributed by atoms with E-state index < -0.39 is 0 Å². The number of para-hydroxylation sites is 1. The molecule has 2 nitrogen and oxygen atoms in total. The van der Waals surface area contributed by atoms with Crippen LogP contribution >= 0.6 is 0 Å². The van der Waals surface area contributed by atoms with Crippen molar-refractivity contribution in [1.29, 1.82) is 0 Å². The van der Waals surface area contributed by atoms with Crippen LogP contribution in [0.15, 0.2) is 108 Å². The van der Waals surface area contributed by atoms with E-state index in [2.05, 4.69) is 30.3 Å². The third-order valence-corrected chi connectivity index (χ3v) is 5.22. The third kappa shape index (κ3) is 3.30. The standard InChI is InChI=1S/C27H19O2/c28-21-15-16-22(20-11-5-2-6-12-20)24(18-21)27-23-13-7-8-14-25(23)29-26(27)17-19-9-3-1-4-10-19/h1-16,18H,17H2. The quantitative estimate of drug-likeness (QED) is 0.320. The summed E-state index contributed by atoms with van der Waals surface area (Å²) >= 11 is 0. The Balaban J connectivity index is 1.77. The van der Waals surface area contributed by atoms with Crippen LogP contribution in [0.2, 0.25) is 0 Å². The minimum absolute atomic E-state index is 0.00405. The molecule has 2 heteroatoms. The third-order valence-electron chi connectivity index (χ3n) is 5.22. The summed E-state index contributed by atoms with van der Waals surface area (Å²) in [5.74, 6) is 0.871. The Morgan fingerprint density at radius 1 is 0.655 bits per heavy atom. The first-order valence-corrected chi connectivity index (χ1v) is 9.71. The highest BCUT2D eigenvalue weighted by molar-refractivity contribution is 6.00. The summed E-state index contributed by atoms with van der Waals surface area (Å²) in [4.78, 5) is 0. The highest BCUT2D eigenvalue weighted by atomic mass is 16.3. The average molecular weight is 375 g/mol. The lowest BCUT2D eigenvalue weighted by atomic mass is 9.91. The van der Waals surface area contributed by atoms with Crippen LogP contribution in [0.3, 0.4) is 0 Å². The summed E-state index contributed by atoms with van der Waals surface area (Å²) in [5, 5.41) is 13.4. The molecule has 0 saturated carbocycles. The Morgan fingerprint density at radius 2 is 1.34 bits per heavy atom. The highest BCUT2D eigenvalue weighted by Gasteiger charge is 2.20. The van der Waals surface area contributed by atoms with Crippen molar-refractivity contribution in [2.45, 2.75) is 6.42 Å². The lowest BCUT2D eigenvalue weighted by Gasteiger charge is -2.11. The fourth-order valence-electron chi connectivity index (χ4n) is 3.90. The predicted octanol–water partition coefficient (Wildman–Crippen LogP) is 7.50. The lowest BCUT2D eigenvalue weighted by molar-refractivity contribution is 0.355. The van der Waals surface area contributed by atoms with Gasteiger partial charge in [-0.3, -0.25) is 5.11 Å². The average Bonchev–Trinajstić information content (AvgIpc) is 3.12. The van der Waals surface area contributed by atoms with Gasteiger partial charge in [0.1, 0.15) is 11.3 Å². The zero-order chi connectivity index (χ0) is 19.6. The second kappa shape index (κ2) is 7.33. The van der Waals surface area contributed by atoms with Gasteiger partial charge in [0.15, 0.2) is 5.75 Å². The van der Waals surface area contributed by atoms with Crippen LogP contribution in [0.4, 0.5) is 0 Å². The minimum atomic E-state index is -0.00405. The van der Waals surface area contributed by atoms with Gasteiger partial charge in [0.25, 0.3) is 0 Å². The van der Waals surface area contributed by atoms with Crippen molar-refractivity contribution >= 4 is 11.0 Å². The predicted molar refractivity (Wildman–Crippen MR) is 116 cm³/mol. The van der Waals surface area contributed by atoms with Crippen LogP contribution < -0.4 is 0 Å². The van der Waals surface area contributed by atoms with Crippen LogP contribution in [0, 0.1) is 0 Å². The van der Waals surface area contributed by atoms with E-state index in [-0.39, 0.29) is 5.75 Å². The molecule has 4 aromatic carbocycles. The maximum absolute atomic E-state index is 12.3. The zero-order valence-electron chi connectivity index (χ0n) is 15.8. The summed E-state index contributed by atoms with van der Waals surface area (Å²) in [6.07, 6.45) is 0.669. The summed E-state index contributed by atoms with van der Waals surface area (Å²) < 4.78 is 6.29. The molecule has 139 valence electrons. The molecule has 0 saturated heterocycles. The van der Waals surface area contributed by atoms with Gasteiger partial charge in [-0.25, -0.2) is 0 Å². The van der Waals surface area contributed by atoms with E-state index >= 15 is 0 Å². The van der Waals surface area contributed by atoms with E-state index in [1.54, 1.807) is 12.1 Å². The van der Waals surface area contributed by atoms with Gasteiger partial charge < -0.3 is 4.42 Å². The molecular formula is C27H19O2. The molecule has 0 bridgehead atoms. The minimum Gasteiger partial charge on any atom is -0.460 e. The molecule has 29 heavy (non-hydrogen) atoms. The van der Waals surface area contributed by atoms with Crippen molar-refractivity contribution in [1.82, 2.24) is 0 Å². The maximum Gasteiger partial charge on any atom is 0.179 e. The summed E-state index contributed by atoms with van der Waals surface area (Å²) in [6.45, 7) is 0. The van der Waals surface area contributed by atoms with Gasteiger partial charge in [-0.2, -0.15) is 0 Å². The number of furan rings is 1. The lowest BCUT2D eigenvalue weighted by Crippen LogP contribution is -1.91. The molecule has 0 N–H and O–H groups in total. The molecule has 0 aliphatic carbocycles. The Kier molecular flexibility index (Phi) is 4.38. The van der Waals surface area contributed by atoms with E-state index in [9.17, 15) is 5.11 Å².